The molecule has 1 heterocycles. The highest BCUT2D eigenvalue weighted by Crippen LogP contribution is 2.69. The van der Waals surface area contributed by atoms with Crippen LogP contribution in [-0.2, 0) is 14.8 Å². The number of fused-ring (bicyclic) bond motifs is 1. The molecule has 1 aliphatic heterocycles. The highest BCUT2D eigenvalue weighted by atomic mass is 32.2. The Morgan fingerprint density at radius 3 is 2.16 bits per heavy atom. The lowest BCUT2D eigenvalue weighted by Crippen LogP contribution is -2.45. The molecule has 2 aliphatic carbocycles. The van der Waals surface area contributed by atoms with Crippen LogP contribution in [0.25, 0.3) is 0 Å². The fourth-order valence-corrected chi connectivity index (χ4v) is 8.92. The molecule has 3 fully saturated rings. The maximum atomic E-state index is 13.3. The monoisotopic (exact) mass is 436 g/mol. The van der Waals surface area contributed by atoms with Gasteiger partial charge in [0.15, 0.2) is 0 Å². The second-order valence-corrected chi connectivity index (χ2v) is 11.6. The minimum Gasteiger partial charge on any atom is -0.274 e. The zero-order valence-electron chi connectivity index (χ0n) is 18.0. The molecule has 3 atom stereocenters. The van der Waals surface area contributed by atoms with Crippen LogP contribution in [0.15, 0.2) is 65.7 Å². The molecule has 2 saturated carbocycles. The molecule has 0 radical (unpaired) electrons. The van der Waals surface area contributed by atoms with E-state index < -0.39 is 15.9 Å². The summed E-state index contributed by atoms with van der Waals surface area (Å²) >= 11 is 0. The molecule has 1 amide bonds. The largest absolute Gasteiger partial charge is 0.274 e. The van der Waals surface area contributed by atoms with E-state index in [-0.39, 0.29) is 29.2 Å². The number of hydrogen-bond donors (Lipinski definition) is 0. The average Bonchev–Trinajstić information content (AvgIpc) is 3.23. The van der Waals surface area contributed by atoms with Crippen molar-refractivity contribution in [3.63, 3.8) is 0 Å². The first kappa shape index (κ1) is 20.4. The SMILES string of the molecule is CC1(C)C2CCC13CS(=O)(=O)N(C(=O)CN=C(c1ccccc1)c1ccccc1)C3C2. The van der Waals surface area contributed by atoms with Gasteiger partial charge in [0.25, 0.3) is 5.91 Å². The Kier molecular flexibility index (Phi) is 4.63. The van der Waals surface area contributed by atoms with Crippen LogP contribution >= 0.6 is 0 Å². The van der Waals surface area contributed by atoms with Crippen LogP contribution in [0, 0.1) is 16.7 Å². The van der Waals surface area contributed by atoms with Gasteiger partial charge in [-0.05, 0) is 30.6 Å². The van der Waals surface area contributed by atoms with E-state index in [0.717, 1.165) is 30.4 Å². The Balaban J connectivity index is 1.47. The van der Waals surface area contributed by atoms with Gasteiger partial charge in [0.1, 0.15) is 6.54 Å². The van der Waals surface area contributed by atoms with Crippen molar-refractivity contribution in [1.29, 1.82) is 0 Å². The molecule has 2 aromatic rings. The number of rotatable bonds is 4. The van der Waals surface area contributed by atoms with Crippen LogP contribution in [0.5, 0.6) is 0 Å². The van der Waals surface area contributed by atoms with Gasteiger partial charge in [-0.25, -0.2) is 12.7 Å². The number of amides is 1. The number of benzene rings is 2. The van der Waals surface area contributed by atoms with Crippen molar-refractivity contribution in [2.24, 2.45) is 21.7 Å². The molecule has 5 rings (SSSR count). The van der Waals surface area contributed by atoms with Crippen LogP contribution in [-0.4, -0.2) is 42.7 Å². The van der Waals surface area contributed by atoms with Gasteiger partial charge in [0.05, 0.1) is 17.5 Å². The molecule has 0 aromatic heterocycles. The molecular formula is C25H28N2O3S. The maximum Gasteiger partial charge on any atom is 0.257 e. The second-order valence-electron chi connectivity index (χ2n) is 9.71. The summed E-state index contributed by atoms with van der Waals surface area (Å²) in [7, 11) is -3.62. The second kappa shape index (κ2) is 7.02. The number of nitrogens with zero attached hydrogens (tertiary/aromatic N) is 2. The van der Waals surface area contributed by atoms with Crippen molar-refractivity contribution in [3.8, 4) is 0 Å². The van der Waals surface area contributed by atoms with E-state index in [0.29, 0.717) is 11.6 Å². The first-order chi connectivity index (χ1) is 14.8. The molecule has 1 saturated heterocycles. The van der Waals surface area contributed by atoms with Gasteiger partial charge in [0, 0.05) is 16.5 Å². The highest BCUT2D eigenvalue weighted by Gasteiger charge is 2.72. The van der Waals surface area contributed by atoms with Crippen LogP contribution in [0.3, 0.4) is 0 Å². The minimum absolute atomic E-state index is 0.0533. The number of carbonyl (C=O) groups excluding carboxylic acids is 1. The number of aliphatic imine (C=N–C) groups is 1. The maximum absolute atomic E-state index is 13.3. The summed E-state index contributed by atoms with van der Waals surface area (Å²) in [5.41, 5.74) is 2.15. The average molecular weight is 437 g/mol. The van der Waals surface area contributed by atoms with Gasteiger partial charge in [-0.1, -0.05) is 74.5 Å². The van der Waals surface area contributed by atoms with E-state index in [2.05, 4.69) is 18.8 Å². The lowest BCUT2D eigenvalue weighted by atomic mass is 9.69. The van der Waals surface area contributed by atoms with Crippen molar-refractivity contribution in [1.82, 2.24) is 4.31 Å². The van der Waals surface area contributed by atoms with Crippen molar-refractivity contribution >= 4 is 21.6 Å². The number of sulfonamides is 1. The molecule has 5 nitrogen and oxygen atoms in total. The first-order valence-electron chi connectivity index (χ1n) is 11.0. The predicted octanol–water partition coefficient (Wildman–Crippen LogP) is 3.89. The Bertz CT molecular complexity index is 1100. The normalized spacial score (nSPS) is 29.5. The Morgan fingerprint density at radius 2 is 1.61 bits per heavy atom. The summed E-state index contributed by atoms with van der Waals surface area (Å²) in [5.74, 6) is 0.166. The third-order valence-electron chi connectivity index (χ3n) is 8.12. The van der Waals surface area contributed by atoms with Crippen molar-refractivity contribution < 1.29 is 13.2 Å². The van der Waals surface area contributed by atoms with E-state index >= 15 is 0 Å². The quantitative estimate of drug-likeness (QED) is 0.683. The first-order valence-corrected chi connectivity index (χ1v) is 12.6. The van der Waals surface area contributed by atoms with Gasteiger partial charge in [0.2, 0.25) is 10.0 Å². The van der Waals surface area contributed by atoms with E-state index in [1.54, 1.807) is 0 Å². The Hall–Kier alpha value is -2.47. The van der Waals surface area contributed by atoms with Crippen molar-refractivity contribution in [3.05, 3.63) is 71.8 Å². The standard InChI is InChI=1S/C25H28N2O3S/c1-24(2)20-13-14-25(24)17-31(29,30)27(21(25)15-20)22(28)16-26-23(18-9-5-3-6-10-18)19-11-7-4-8-12-19/h3-12,20-21H,13-17H2,1-2H3. The molecular weight excluding hydrogens is 408 g/mol. The summed E-state index contributed by atoms with van der Waals surface area (Å²) in [6.07, 6.45) is 2.73. The van der Waals surface area contributed by atoms with E-state index in [9.17, 15) is 13.2 Å². The van der Waals surface area contributed by atoms with Crippen LogP contribution < -0.4 is 0 Å². The van der Waals surface area contributed by atoms with E-state index in [4.69, 9.17) is 0 Å². The summed E-state index contributed by atoms with van der Waals surface area (Å²) in [5, 5.41) is 0. The lowest BCUT2D eigenvalue weighted by molar-refractivity contribution is -0.127. The summed E-state index contributed by atoms with van der Waals surface area (Å²) < 4.78 is 27.5. The zero-order valence-corrected chi connectivity index (χ0v) is 18.8. The summed E-state index contributed by atoms with van der Waals surface area (Å²) in [6, 6.07) is 19.2. The highest BCUT2D eigenvalue weighted by molar-refractivity contribution is 7.90. The predicted molar refractivity (Wildman–Crippen MR) is 121 cm³/mol. The van der Waals surface area contributed by atoms with Gasteiger partial charge >= 0.3 is 0 Å². The topological polar surface area (TPSA) is 66.8 Å². The summed E-state index contributed by atoms with van der Waals surface area (Å²) in [4.78, 5) is 17.9. The smallest absolute Gasteiger partial charge is 0.257 e. The van der Waals surface area contributed by atoms with Crippen LogP contribution in [0.1, 0.15) is 44.2 Å². The fourth-order valence-electron chi connectivity index (χ4n) is 6.37. The third kappa shape index (κ3) is 2.99. The van der Waals surface area contributed by atoms with Crippen LogP contribution in [0.2, 0.25) is 0 Å². The number of carbonyl (C=O) groups is 1. The molecule has 3 unspecified atom stereocenters. The summed E-state index contributed by atoms with van der Waals surface area (Å²) in [6.45, 7) is 4.21. The van der Waals surface area contributed by atoms with Gasteiger partial charge in [-0.2, -0.15) is 0 Å². The van der Waals surface area contributed by atoms with Gasteiger partial charge < -0.3 is 0 Å². The lowest BCUT2D eigenvalue weighted by Gasteiger charge is -2.37. The zero-order chi connectivity index (χ0) is 21.9. The minimum atomic E-state index is -3.62. The molecule has 0 N–H and O–H groups in total. The molecule has 6 heteroatoms. The molecule has 31 heavy (non-hydrogen) atoms. The molecule has 162 valence electrons. The molecule has 1 spiro atoms. The van der Waals surface area contributed by atoms with Crippen molar-refractivity contribution in [2.75, 3.05) is 12.3 Å². The van der Waals surface area contributed by atoms with E-state index in [1.807, 2.05) is 60.7 Å². The van der Waals surface area contributed by atoms with Gasteiger partial charge in [-0.3, -0.25) is 9.79 Å². The number of hydrogen-bond acceptors (Lipinski definition) is 4. The van der Waals surface area contributed by atoms with Crippen molar-refractivity contribution in [2.45, 2.75) is 39.2 Å². The molecule has 2 bridgehead atoms. The fraction of sp³-hybridized carbons (Fsp3) is 0.440. The third-order valence-corrected chi connectivity index (χ3v) is 10.1. The Labute approximate surface area is 184 Å². The van der Waals surface area contributed by atoms with E-state index in [1.165, 1.54) is 4.31 Å². The molecule has 2 aromatic carbocycles. The van der Waals surface area contributed by atoms with Gasteiger partial charge in [-0.15, -0.1) is 0 Å². The molecule has 3 aliphatic rings. The Morgan fingerprint density at radius 1 is 1.03 bits per heavy atom. The van der Waals surface area contributed by atoms with Crippen LogP contribution in [0.4, 0.5) is 0 Å².